The fraction of sp³-hybridized carbons (Fsp3) is 0.824. The number of rotatable bonds is 2. The number of nitrogens with zero attached hydrogens (tertiary/aromatic N) is 4. The molecular formula is C17H26N4O2. The molecule has 4 rings (SSSR count). The Hall–Kier alpha value is -1.59. The molecule has 3 aliphatic rings. The fourth-order valence-electron chi connectivity index (χ4n) is 4.71. The molecule has 1 aliphatic carbocycles. The maximum Gasteiger partial charge on any atom is 0.346 e. The lowest BCUT2D eigenvalue weighted by atomic mass is 9.92. The summed E-state index contributed by atoms with van der Waals surface area (Å²) in [6, 6.07) is 0.410. The van der Waals surface area contributed by atoms with Gasteiger partial charge in [0, 0.05) is 25.6 Å². The zero-order valence-corrected chi connectivity index (χ0v) is 13.7. The third-order valence-electron chi connectivity index (χ3n) is 5.88. The van der Waals surface area contributed by atoms with Crippen molar-refractivity contribution in [3.05, 3.63) is 16.3 Å². The first-order valence-electron chi connectivity index (χ1n) is 9.20. The van der Waals surface area contributed by atoms with Gasteiger partial charge in [0.25, 0.3) is 0 Å². The van der Waals surface area contributed by atoms with Crippen molar-refractivity contribution < 1.29 is 4.79 Å². The van der Waals surface area contributed by atoms with Crippen LogP contribution in [0.25, 0.3) is 0 Å². The van der Waals surface area contributed by atoms with Gasteiger partial charge in [0.05, 0.1) is 0 Å². The van der Waals surface area contributed by atoms with Gasteiger partial charge < -0.3 is 4.90 Å². The molecule has 0 bridgehead atoms. The summed E-state index contributed by atoms with van der Waals surface area (Å²) in [5.41, 5.74) is -0.102. The van der Waals surface area contributed by atoms with Crippen molar-refractivity contribution in [3.8, 4) is 0 Å². The van der Waals surface area contributed by atoms with E-state index in [2.05, 4.69) is 5.10 Å². The minimum Gasteiger partial charge on any atom is -0.338 e. The maximum atomic E-state index is 12.8. The van der Waals surface area contributed by atoms with Crippen molar-refractivity contribution in [1.29, 1.82) is 0 Å². The zero-order valence-electron chi connectivity index (χ0n) is 13.7. The first-order valence-corrected chi connectivity index (χ1v) is 9.20. The molecule has 23 heavy (non-hydrogen) atoms. The lowest BCUT2D eigenvalue weighted by molar-refractivity contribution is -0.136. The number of hydrogen-bond donors (Lipinski definition) is 0. The average molecular weight is 318 g/mol. The van der Waals surface area contributed by atoms with E-state index in [-0.39, 0.29) is 18.1 Å². The van der Waals surface area contributed by atoms with Gasteiger partial charge in [-0.15, -0.1) is 0 Å². The van der Waals surface area contributed by atoms with E-state index < -0.39 is 0 Å². The van der Waals surface area contributed by atoms with Gasteiger partial charge in [0.2, 0.25) is 5.91 Å². The number of amides is 1. The van der Waals surface area contributed by atoms with E-state index in [0.29, 0.717) is 12.0 Å². The minimum absolute atomic E-state index is 0.0805. The monoisotopic (exact) mass is 318 g/mol. The summed E-state index contributed by atoms with van der Waals surface area (Å²) in [5.74, 6) is 1.62. The zero-order chi connectivity index (χ0) is 15.8. The second kappa shape index (κ2) is 6.13. The van der Waals surface area contributed by atoms with E-state index in [4.69, 9.17) is 0 Å². The van der Waals surface area contributed by atoms with Crippen molar-refractivity contribution in [2.75, 3.05) is 6.54 Å². The van der Waals surface area contributed by atoms with Crippen molar-refractivity contribution >= 4 is 5.91 Å². The number of hydrogen-bond acceptors (Lipinski definition) is 3. The number of likely N-dealkylation sites (tertiary alicyclic amines) is 1. The number of piperidine rings is 1. The Kier molecular flexibility index (Phi) is 3.99. The van der Waals surface area contributed by atoms with E-state index in [1.807, 2.05) is 4.90 Å². The molecule has 1 aromatic rings. The molecule has 2 aliphatic heterocycles. The van der Waals surface area contributed by atoms with Crippen molar-refractivity contribution in [1.82, 2.24) is 19.2 Å². The summed E-state index contributed by atoms with van der Waals surface area (Å²) in [5, 5.41) is 4.45. The van der Waals surface area contributed by atoms with Crippen LogP contribution in [0.15, 0.2) is 4.79 Å². The SMILES string of the molecule is O=C(Cn1nc2n(c1=O)CCCCC2)N1CCC[C@H]2CCC[C@H]21. The quantitative estimate of drug-likeness (QED) is 0.831. The number of carbonyl (C=O) groups excluding carboxylic acids is 1. The van der Waals surface area contributed by atoms with E-state index in [1.165, 1.54) is 23.9 Å². The molecule has 1 aromatic heterocycles. The van der Waals surface area contributed by atoms with Crippen LogP contribution in [0.4, 0.5) is 0 Å². The van der Waals surface area contributed by atoms with Gasteiger partial charge in [-0.3, -0.25) is 9.36 Å². The molecule has 3 heterocycles. The molecule has 2 fully saturated rings. The third kappa shape index (κ3) is 2.72. The van der Waals surface area contributed by atoms with Gasteiger partial charge in [0.1, 0.15) is 12.4 Å². The topological polar surface area (TPSA) is 60.1 Å². The highest BCUT2D eigenvalue weighted by atomic mass is 16.2. The van der Waals surface area contributed by atoms with E-state index in [9.17, 15) is 9.59 Å². The van der Waals surface area contributed by atoms with Crippen molar-refractivity contribution in [2.24, 2.45) is 5.92 Å². The highest BCUT2D eigenvalue weighted by Crippen LogP contribution is 2.36. The van der Waals surface area contributed by atoms with E-state index in [0.717, 1.165) is 57.4 Å². The second-order valence-electron chi connectivity index (χ2n) is 7.31. The molecule has 6 nitrogen and oxygen atoms in total. The third-order valence-corrected chi connectivity index (χ3v) is 5.88. The van der Waals surface area contributed by atoms with Crippen LogP contribution in [-0.2, 0) is 24.3 Å². The van der Waals surface area contributed by atoms with Gasteiger partial charge in [-0.25, -0.2) is 9.48 Å². The first kappa shape index (κ1) is 15.0. The lowest BCUT2D eigenvalue weighted by Gasteiger charge is -2.37. The summed E-state index contributed by atoms with van der Waals surface area (Å²) in [7, 11) is 0. The number of aromatic nitrogens is 3. The predicted octanol–water partition coefficient (Wildman–Crippen LogP) is 1.56. The highest BCUT2D eigenvalue weighted by molar-refractivity contribution is 5.76. The van der Waals surface area contributed by atoms with Gasteiger partial charge in [-0.1, -0.05) is 12.8 Å². The number of aryl methyl sites for hydroxylation is 1. The minimum atomic E-state index is -0.102. The second-order valence-corrected chi connectivity index (χ2v) is 7.31. The molecule has 2 atom stereocenters. The molecule has 0 N–H and O–H groups in total. The molecular weight excluding hydrogens is 292 g/mol. The van der Waals surface area contributed by atoms with Crippen LogP contribution >= 0.6 is 0 Å². The first-order chi connectivity index (χ1) is 11.2. The molecule has 0 spiro atoms. The van der Waals surface area contributed by atoms with Gasteiger partial charge in [-0.2, -0.15) is 5.10 Å². The Labute approximate surface area is 136 Å². The Morgan fingerprint density at radius 3 is 2.83 bits per heavy atom. The number of fused-ring (bicyclic) bond motifs is 2. The van der Waals surface area contributed by atoms with Crippen LogP contribution in [0.1, 0.15) is 57.2 Å². The Balaban J connectivity index is 1.51. The molecule has 0 radical (unpaired) electrons. The van der Waals surface area contributed by atoms with Crippen molar-refractivity contribution in [2.45, 2.75) is 76.9 Å². The van der Waals surface area contributed by atoms with Crippen LogP contribution in [-0.4, -0.2) is 37.7 Å². The largest absolute Gasteiger partial charge is 0.346 e. The van der Waals surface area contributed by atoms with Gasteiger partial charge in [0.15, 0.2) is 0 Å². The molecule has 0 aromatic carbocycles. The molecule has 1 amide bonds. The van der Waals surface area contributed by atoms with Crippen LogP contribution in [0.3, 0.4) is 0 Å². The molecule has 0 unspecified atom stereocenters. The van der Waals surface area contributed by atoms with E-state index in [1.54, 1.807) is 4.57 Å². The summed E-state index contributed by atoms with van der Waals surface area (Å²) < 4.78 is 3.18. The van der Waals surface area contributed by atoms with E-state index >= 15 is 0 Å². The number of carbonyl (C=O) groups is 1. The van der Waals surface area contributed by atoms with Crippen LogP contribution in [0.5, 0.6) is 0 Å². The van der Waals surface area contributed by atoms with Gasteiger partial charge >= 0.3 is 5.69 Å². The summed E-state index contributed by atoms with van der Waals surface area (Å²) in [6.45, 7) is 1.71. The molecule has 1 saturated carbocycles. The molecule has 6 heteroatoms. The van der Waals surface area contributed by atoms with Crippen molar-refractivity contribution in [3.63, 3.8) is 0 Å². The van der Waals surface area contributed by atoms with Crippen LogP contribution in [0, 0.1) is 5.92 Å². The Morgan fingerprint density at radius 2 is 1.91 bits per heavy atom. The summed E-state index contributed by atoms with van der Waals surface area (Å²) in [4.78, 5) is 27.3. The summed E-state index contributed by atoms with van der Waals surface area (Å²) >= 11 is 0. The van der Waals surface area contributed by atoms with Gasteiger partial charge in [-0.05, 0) is 44.4 Å². The lowest BCUT2D eigenvalue weighted by Crippen LogP contribution is -2.48. The Bertz CT molecular complexity index is 648. The summed E-state index contributed by atoms with van der Waals surface area (Å²) in [6.07, 6.45) is 10.1. The van der Waals surface area contributed by atoms with Crippen LogP contribution in [0.2, 0.25) is 0 Å². The predicted molar refractivity (Wildman–Crippen MR) is 86.1 cm³/mol. The fourth-order valence-corrected chi connectivity index (χ4v) is 4.71. The van der Waals surface area contributed by atoms with Crippen LogP contribution < -0.4 is 5.69 Å². The standard InChI is InChI=1S/C17H26N4O2/c22-16(19-11-5-7-13-6-4-8-14(13)19)12-21-17(23)20-10-3-1-2-9-15(20)18-21/h13-14H,1-12H2/t13-,14-/m1/s1. The maximum absolute atomic E-state index is 12.8. The molecule has 1 saturated heterocycles. The normalized spacial score (nSPS) is 27.4. The average Bonchev–Trinajstić information content (AvgIpc) is 3.06. The smallest absolute Gasteiger partial charge is 0.338 e. The Morgan fingerprint density at radius 1 is 1.04 bits per heavy atom. The highest BCUT2D eigenvalue weighted by Gasteiger charge is 2.37. The molecule has 126 valence electrons.